The Kier molecular flexibility index (Phi) is 6.78. The summed E-state index contributed by atoms with van der Waals surface area (Å²) in [7, 11) is -3.82. The number of hydrogen-bond donors (Lipinski definition) is 2. The van der Waals surface area contributed by atoms with E-state index in [9.17, 15) is 18.0 Å². The SMILES string of the molecule is Cc1ccccc1NC(=O)CN1CC(C)N(S(=O)(=O)c2cccc(C(N)=O)c2)C(C)C1. The number of anilines is 1. The van der Waals surface area contributed by atoms with Crippen molar-refractivity contribution in [3.05, 3.63) is 59.7 Å². The third kappa shape index (κ3) is 5.12. The Morgan fingerprint density at radius 3 is 2.32 bits per heavy atom. The number of amides is 2. The average Bonchev–Trinajstić information content (AvgIpc) is 2.69. The van der Waals surface area contributed by atoms with Crippen LogP contribution in [-0.4, -0.2) is 61.2 Å². The van der Waals surface area contributed by atoms with Gasteiger partial charge in [0.2, 0.25) is 21.8 Å². The van der Waals surface area contributed by atoms with Gasteiger partial charge in [0.1, 0.15) is 0 Å². The van der Waals surface area contributed by atoms with Crippen molar-refractivity contribution in [3.63, 3.8) is 0 Å². The molecule has 31 heavy (non-hydrogen) atoms. The van der Waals surface area contributed by atoms with Crippen molar-refractivity contribution in [1.29, 1.82) is 0 Å². The Morgan fingerprint density at radius 2 is 1.71 bits per heavy atom. The topological polar surface area (TPSA) is 113 Å². The van der Waals surface area contributed by atoms with E-state index < -0.39 is 15.9 Å². The standard InChI is InChI=1S/C22H28N4O4S/c1-15-7-4-5-10-20(15)24-21(27)14-25-12-16(2)26(17(3)13-25)31(29,30)19-9-6-8-18(11-19)22(23)28/h4-11,16-17H,12-14H2,1-3H3,(H2,23,28)(H,24,27). The second-order valence-electron chi connectivity index (χ2n) is 7.98. The number of piperazine rings is 1. The van der Waals surface area contributed by atoms with Crippen LogP contribution in [0.2, 0.25) is 0 Å². The highest BCUT2D eigenvalue weighted by Crippen LogP contribution is 2.26. The number of nitrogens with zero attached hydrogens (tertiary/aromatic N) is 2. The van der Waals surface area contributed by atoms with Crippen molar-refractivity contribution in [2.45, 2.75) is 37.8 Å². The summed E-state index contributed by atoms with van der Waals surface area (Å²) in [4.78, 5) is 26.0. The van der Waals surface area contributed by atoms with Crippen molar-refractivity contribution in [2.75, 3.05) is 25.0 Å². The van der Waals surface area contributed by atoms with E-state index in [2.05, 4.69) is 5.32 Å². The van der Waals surface area contributed by atoms with Gasteiger partial charge in [0.05, 0.1) is 11.4 Å². The highest BCUT2D eigenvalue weighted by molar-refractivity contribution is 7.89. The molecular formula is C22H28N4O4S. The van der Waals surface area contributed by atoms with Gasteiger partial charge in [-0.05, 0) is 50.6 Å². The van der Waals surface area contributed by atoms with Crippen LogP contribution in [-0.2, 0) is 14.8 Å². The molecule has 0 aromatic heterocycles. The van der Waals surface area contributed by atoms with E-state index in [-0.39, 0.29) is 35.0 Å². The molecule has 2 aromatic carbocycles. The Morgan fingerprint density at radius 1 is 1.06 bits per heavy atom. The third-order valence-corrected chi connectivity index (χ3v) is 7.52. The maximum atomic E-state index is 13.3. The number of carbonyl (C=O) groups excluding carboxylic acids is 2. The quantitative estimate of drug-likeness (QED) is 0.706. The van der Waals surface area contributed by atoms with Gasteiger partial charge in [-0.3, -0.25) is 14.5 Å². The highest BCUT2D eigenvalue weighted by Gasteiger charge is 2.39. The normalized spacial score (nSPS) is 20.4. The van der Waals surface area contributed by atoms with Gasteiger partial charge in [-0.1, -0.05) is 24.3 Å². The fraction of sp³-hybridized carbons (Fsp3) is 0.364. The molecule has 166 valence electrons. The summed E-state index contributed by atoms with van der Waals surface area (Å²) in [5, 5.41) is 2.92. The number of benzene rings is 2. The first-order valence-corrected chi connectivity index (χ1v) is 11.5. The summed E-state index contributed by atoms with van der Waals surface area (Å²) in [6.45, 7) is 6.57. The zero-order chi connectivity index (χ0) is 22.8. The van der Waals surface area contributed by atoms with Crippen molar-refractivity contribution >= 4 is 27.5 Å². The van der Waals surface area contributed by atoms with Crippen LogP contribution in [0.15, 0.2) is 53.4 Å². The molecule has 9 heteroatoms. The van der Waals surface area contributed by atoms with Crippen LogP contribution in [0.1, 0.15) is 29.8 Å². The minimum Gasteiger partial charge on any atom is -0.366 e. The van der Waals surface area contributed by atoms with E-state index in [1.54, 1.807) is 0 Å². The molecule has 1 fully saturated rings. The van der Waals surface area contributed by atoms with Gasteiger partial charge in [-0.25, -0.2) is 8.42 Å². The number of carbonyl (C=O) groups is 2. The number of para-hydroxylation sites is 1. The third-order valence-electron chi connectivity index (χ3n) is 5.39. The molecule has 2 atom stereocenters. The first-order chi connectivity index (χ1) is 14.6. The lowest BCUT2D eigenvalue weighted by atomic mass is 10.1. The van der Waals surface area contributed by atoms with Gasteiger partial charge >= 0.3 is 0 Å². The van der Waals surface area contributed by atoms with Crippen molar-refractivity contribution in [2.24, 2.45) is 5.73 Å². The summed E-state index contributed by atoms with van der Waals surface area (Å²) in [5.74, 6) is -0.818. The molecule has 3 N–H and O–H groups in total. The maximum absolute atomic E-state index is 13.3. The maximum Gasteiger partial charge on any atom is 0.248 e. The van der Waals surface area contributed by atoms with Crippen molar-refractivity contribution < 1.29 is 18.0 Å². The number of sulfonamides is 1. The lowest BCUT2D eigenvalue weighted by Crippen LogP contribution is -2.59. The smallest absolute Gasteiger partial charge is 0.248 e. The van der Waals surface area contributed by atoms with E-state index in [0.717, 1.165) is 11.3 Å². The van der Waals surface area contributed by atoms with Crippen LogP contribution in [0, 0.1) is 6.92 Å². The van der Waals surface area contributed by atoms with Crippen LogP contribution in [0.4, 0.5) is 5.69 Å². The summed E-state index contributed by atoms with van der Waals surface area (Å²) >= 11 is 0. The average molecular weight is 445 g/mol. The van der Waals surface area contributed by atoms with Crippen LogP contribution >= 0.6 is 0 Å². The number of nitrogens with two attached hydrogens (primary N) is 1. The fourth-order valence-corrected chi connectivity index (χ4v) is 5.91. The molecule has 3 rings (SSSR count). The van der Waals surface area contributed by atoms with Crippen LogP contribution < -0.4 is 11.1 Å². The summed E-state index contributed by atoms with van der Waals surface area (Å²) < 4.78 is 28.0. The predicted octanol–water partition coefficient (Wildman–Crippen LogP) is 1.82. The van der Waals surface area contributed by atoms with Crippen LogP contribution in [0.3, 0.4) is 0 Å². The first kappa shape index (κ1) is 22.9. The Labute approximate surface area is 183 Å². The van der Waals surface area contributed by atoms with Gasteiger partial charge in [0.25, 0.3) is 0 Å². The summed E-state index contributed by atoms with van der Waals surface area (Å²) in [6, 6.07) is 12.6. The minimum absolute atomic E-state index is 0.0354. The van der Waals surface area contributed by atoms with E-state index in [0.29, 0.717) is 13.1 Å². The van der Waals surface area contributed by atoms with Gasteiger partial charge in [0, 0.05) is 36.4 Å². The molecule has 1 heterocycles. The molecule has 0 saturated carbocycles. The molecule has 2 aromatic rings. The van der Waals surface area contributed by atoms with Crippen molar-refractivity contribution in [3.8, 4) is 0 Å². The first-order valence-electron chi connectivity index (χ1n) is 10.1. The molecule has 0 spiro atoms. The van der Waals surface area contributed by atoms with Gasteiger partial charge in [-0.2, -0.15) is 4.31 Å². The Balaban J connectivity index is 1.71. The lowest BCUT2D eigenvalue weighted by molar-refractivity contribution is -0.118. The van der Waals surface area contributed by atoms with Gasteiger partial charge < -0.3 is 11.1 Å². The van der Waals surface area contributed by atoms with Gasteiger partial charge in [-0.15, -0.1) is 0 Å². The highest BCUT2D eigenvalue weighted by atomic mass is 32.2. The monoisotopic (exact) mass is 444 g/mol. The molecule has 0 aliphatic carbocycles. The molecule has 8 nitrogen and oxygen atoms in total. The second-order valence-corrected chi connectivity index (χ2v) is 9.83. The number of hydrogen-bond acceptors (Lipinski definition) is 5. The number of aryl methyl sites for hydroxylation is 1. The van der Waals surface area contributed by atoms with Crippen molar-refractivity contribution in [1.82, 2.24) is 9.21 Å². The summed E-state index contributed by atoms with van der Waals surface area (Å²) in [5.41, 5.74) is 7.19. The Bertz CT molecular complexity index is 1070. The molecule has 2 unspecified atom stereocenters. The fourth-order valence-electron chi connectivity index (χ4n) is 4.06. The second kappa shape index (κ2) is 9.17. The lowest BCUT2D eigenvalue weighted by Gasteiger charge is -2.43. The number of nitrogens with one attached hydrogen (secondary N) is 1. The van der Waals surface area contributed by atoms with E-state index in [1.807, 2.05) is 49.9 Å². The van der Waals surface area contributed by atoms with E-state index in [4.69, 9.17) is 5.73 Å². The molecule has 1 aliphatic heterocycles. The molecular weight excluding hydrogens is 416 g/mol. The molecule has 1 aliphatic rings. The largest absolute Gasteiger partial charge is 0.366 e. The summed E-state index contributed by atoms with van der Waals surface area (Å²) in [6.07, 6.45) is 0. The van der Waals surface area contributed by atoms with Crippen LogP contribution in [0.25, 0.3) is 0 Å². The molecule has 1 saturated heterocycles. The molecule has 0 bridgehead atoms. The Hall–Kier alpha value is -2.75. The predicted molar refractivity (Wildman–Crippen MR) is 119 cm³/mol. The number of primary amides is 1. The van der Waals surface area contributed by atoms with E-state index in [1.165, 1.54) is 28.6 Å². The number of rotatable bonds is 6. The minimum atomic E-state index is -3.82. The molecule has 2 amide bonds. The zero-order valence-electron chi connectivity index (χ0n) is 17.9. The zero-order valence-corrected chi connectivity index (χ0v) is 18.7. The van der Waals surface area contributed by atoms with E-state index >= 15 is 0 Å². The molecule has 0 radical (unpaired) electrons. The van der Waals surface area contributed by atoms with Gasteiger partial charge in [0.15, 0.2) is 0 Å². The van der Waals surface area contributed by atoms with Crippen LogP contribution in [0.5, 0.6) is 0 Å².